The molecule has 1 nitrogen and oxygen atoms in total. The number of hydrogen-bond acceptors (Lipinski definition) is 1. The van der Waals surface area contributed by atoms with Crippen LogP contribution in [0.25, 0.3) is 0 Å². The SMILES string of the molecule is C=C(C)[C@H]1CC=C(C(=O)/C=C/C)[C@@H](C)CC1. The highest BCUT2D eigenvalue weighted by Gasteiger charge is 2.21. The molecule has 0 bridgehead atoms. The summed E-state index contributed by atoms with van der Waals surface area (Å²) in [5, 5.41) is 0. The second-order valence-electron chi connectivity index (χ2n) is 4.78. The van der Waals surface area contributed by atoms with Gasteiger partial charge < -0.3 is 0 Å². The second kappa shape index (κ2) is 5.83. The first-order valence-corrected chi connectivity index (χ1v) is 6.08. The number of ketones is 1. The molecule has 0 N–H and O–H groups in total. The molecule has 2 atom stereocenters. The van der Waals surface area contributed by atoms with Crippen LogP contribution in [-0.4, -0.2) is 5.78 Å². The van der Waals surface area contributed by atoms with Gasteiger partial charge in [-0.15, -0.1) is 0 Å². The lowest BCUT2D eigenvalue weighted by Gasteiger charge is -2.13. The molecule has 0 saturated heterocycles. The lowest BCUT2D eigenvalue weighted by atomic mass is 9.91. The van der Waals surface area contributed by atoms with Crippen molar-refractivity contribution in [1.82, 2.24) is 0 Å². The van der Waals surface area contributed by atoms with Crippen molar-refractivity contribution in [3.63, 3.8) is 0 Å². The van der Waals surface area contributed by atoms with E-state index >= 15 is 0 Å². The molecule has 1 aliphatic rings. The summed E-state index contributed by atoms with van der Waals surface area (Å²) >= 11 is 0. The van der Waals surface area contributed by atoms with E-state index in [1.54, 1.807) is 6.08 Å². The molecule has 0 amide bonds. The van der Waals surface area contributed by atoms with Gasteiger partial charge >= 0.3 is 0 Å². The largest absolute Gasteiger partial charge is 0.290 e. The van der Waals surface area contributed by atoms with Crippen LogP contribution in [-0.2, 0) is 4.79 Å². The molecule has 0 saturated carbocycles. The summed E-state index contributed by atoms with van der Waals surface area (Å²) in [5.41, 5.74) is 2.23. The van der Waals surface area contributed by atoms with E-state index in [0.29, 0.717) is 11.8 Å². The van der Waals surface area contributed by atoms with Gasteiger partial charge in [-0.05, 0) is 56.6 Å². The Morgan fingerprint density at radius 2 is 2.19 bits per heavy atom. The van der Waals surface area contributed by atoms with Crippen LogP contribution < -0.4 is 0 Å². The molecule has 16 heavy (non-hydrogen) atoms. The van der Waals surface area contributed by atoms with E-state index in [-0.39, 0.29) is 5.78 Å². The molecular formula is C15H22O. The third kappa shape index (κ3) is 3.19. The van der Waals surface area contributed by atoms with E-state index in [1.807, 2.05) is 13.0 Å². The van der Waals surface area contributed by atoms with E-state index in [1.165, 1.54) is 5.57 Å². The van der Waals surface area contributed by atoms with Crippen LogP contribution in [0.5, 0.6) is 0 Å². The standard InChI is InChI=1S/C15H22O/c1-5-6-15(16)14-10-9-13(11(2)3)8-7-12(14)4/h5-6,10,12-13H,2,7-9H2,1,3-4H3/b6-5+/t12-,13+/m0/s1. The first-order chi connectivity index (χ1) is 7.56. The minimum atomic E-state index is 0.178. The van der Waals surface area contributed by atoms with Crippen LogP contribution in [0.2, 0.25) is 0 Å². The number of carbonyl (C=O) groups is 1. The summed E-state index contributed by atoms with van der Waals surface area (Å²) in [6, 6.07) is 0. The van der Waals surface area contributed by atoms with Crippen molar-refractivity contribution in [2.24, 2.45) is 11.8 Å². The van der Waals surface area contributed by atoms with Crippen LogP contribution >= 0.6 is 0 Å². The average Bonchev–Trinajstić information content (AvgIpc) is 2.40. The third-order valence-corrected chi connectivity index (χ3v) is 3.40. The third-order valence-electron chi connectivity index (χ3n) is 3.40. The van der Waals surface area contributed by atoms with Crippen LogP contribution in [0, 0.1) is 11.8 Å². The van der Waals surface area contributed by atoms with Gasteiger partial charge in [-0.1, -0.05) is 31.2 Å². The van der Waals surface area contributed by atoms with E-state index in [4.69, 9.17) is 0 Å². The van der Waals surface area contributed by atoms with Gasteiger partial charge in [0.1, 0.15) is 0 Å². The molecule has 0 radical (unpaired) electrons. The molecule has 0 spiro atoms. The molecule has 1 aliphatic carbocycles. The maximum atomic E-state index is 11.9. The van der Waals surface area contributed by atoms with E-state index in [9.17, 15) is 4.79 Å². The maximum absolute atomic E-state index is 11.9. The van der Waals surface area contributed by atoms with Gasteiger partial charge in [-0.2, -0.15) is 0 Å². The van der Waals surface area contributed by atoms with Crippen LogP contribution in [0.1, 0.15) is 40.0 Å². The van der Waals surface area contributed by atoms with Crippen molar-refractivity contribution in [3.05, 3.63) is 36.0 Å². The topological polar surface area (TPSA) is 17.1 Å². The molecule has 88 valence electrons. The molecule has 0 unspecified atom stereocenters. The quantitative estimate of drug-likeness (QED) is 0.515. The van der Waals surface area contributed by atoms with Crippen molar-refractivity contribution < 1.29 is 4.79 Å². The van der Waals surface area contributed by atoms with Crippen LogP contribution in [0.4, 0.5) is 0 Å². The van der Waals surface area contributed by atoms with Crippen molar-refractivity contribution in [3.8, 4) is 0 Å². The fourth-order valence-electron chi connectivity index (χ4n) is 2.23. The normalized spacial score (nSPS) is 26.3. The zero-order valence-corrected chi connectivity index (χ0v) is 10.6. The summed E-state index contributed by atoms with van der Waals surface area (Å²) in [5.74, 6) is 1.11. The number of allylic oxidation sites excluding steroid dienone is 5. The fraction of sp³-hybridized carbons (Fsp3) is 0.533. The van der Waals surface area contributed by atoms with Crippen LogP contribution in [0.3, 0.4) is 0 Å². The fourth-order valence-corrected chi connectivity index (χ4v) is 2.23. The van der Waals surface area contributed by atoms with Crippen molar-refractivity contribution >= 4 is 5.78 Å². The Balaban J connectivity index is 2.83. The highest BCUT2D eigenvalue weighted by molar-refractivity contribution is 6.04. The summed E-state index contributed by atoms with van der Waals surface area (Å²) in [7, 11) is 0. The molecule has 0 aromatic heterocycles. The Kier molecular flexibility index (Phi) is 4.72. The summed E-state index contributed by atoms with van der Waals surface area (Å²) in [6.07, 6.45) is 8.82. The van der Waals surface area contributed by atoms with Gasteiger partial charge in [0.25, 0.3) is 0 Å². The molecule has 1 rings (SSSR count). The number of rotatable bonds is 3. The molecule has 0 aliphatic heterocycles. The van der Waals surface area contributed by atoms with Gasteiger partial charge in [-0.25, -0.2) is 0 Å². The first kappa shape index (κ1) is 13.0. The Morgan fingerprint density at radius 3 is 2.75 bits per heavy atom. The minimum Gasteiger partial charge on any atom is -0.290 e. The van der Waals surface area contributed by atoms with Gasteiger partial charge in [0.2, 0.25) is 0 Å². The summed E-state index contributed by atoms with van der Waals surface area (Å²) in [4.78, 5) is 11.9. The van der Waals surface area contributed by atoms with E-state index in [0.717, 1.165) is 24.8 Å². The predicted molar refractivity (Wildman–Crippen MR) is 69.2 cm³/mol. The first-order valence-electron chi connectivity index (χ1n) is 6.08. The Labute approximate surface area is 98.9 Å². The van der Waals surface area contributed by atoms with E-state index < -0.39 is 0 Å². The zero-order valence-electron chi connectivity index (χ0n) is 10.6. The van der Waals surface area contributed by atoms with Crippen molar-refractivity contribution in [1.29, 1.82) is 0 Å². The number of carbonyl (C=O) groups excluding carboxylic acids is 1. The van der Waals surface area contributed by atoms with E-state index in [2.05, 4.69) is 26.5 Å². The highest BCUT2D eigenvalue weighted by Crippen LogP contribution is 2.31. The molecule has 0 aromatic carbocycles. The van der Waals surface area contributed by atoms with Gasteiger partial charge in [-0.3, -0.25) is 4.79 Å². The lowest BCUT2D eigenvalue weighted by Crippen LogP contribution is -2.07. The highest BCUT2D eigenvalue weighted by atomic mass is 16.1. The summed E-state index contributed by atoms with van der Waals surface area (Å²) < 4.78 is 0. The maximum Gasteiger partial charge on any atom is 0.181 e. The molecule has 0 heterocycles. The Hall–Kier alpha value is -1.11. The van der Waals surface area contributed by atoms with Gasteiger partial charge in [0, 0.05) is 0 Å². The second-order valence-corrected chi connectivity index (χ2v) is 4.78. The van der Waals surface area contributed by atoms with Gasteiger partial charge in [0.15, 0.2) is 5.78 Å². The number of hydrogen-bond donors (Lipinski definition) is 0. The lowest BCUT2D eigenvalue weighted by molar-refractivity contribution is -0.111. The van der Waals surface area contributed by atoms with Crippen molar-refractivity contribution in [2.75, 3.05) is 0 Å². The molecule has 0 fully saturated rings. The smallest absolute Gasteiger partial charge is 0.181 e. The monoisotopic (exact) mass is 218 g/mol. The van der Waals surface area contributed by atoms with Gasteiger partial charge in [0.05, 0.1) is 0 Å². The molecular weight excluding hydrogens is 196 g/mol. The predicted octanol–water partition coefficient (Wildman–Crippen LogP) is 4.07. The Morgan fingerprint density at radius 1 is 1.50 bits per heavy atom. The van der Waals surface area contributed by atoms with Crippen molar-refractivity contribution in [2.45, 2.75) is 40.0 Å². The molecule has 1 heteroatoms. The average molecular weight is 218 g/mol. The Bertz CT molecular complexity index is 333. The minimum absolute atomic E-state index is 0.178. The van der Waals surface area contributed by atoms with Crippen LogP contribution in [0.15, 0.2) is 36.0 Å². The zero-order chi connectivity index (χ0) is 12.1. The molecule has 0 aromatic rings. The summed E-state index contributed by atoms with van der Waals surface area (Å²) in [6.45, 7) is 10.1.